The highest BCUT2D eigenvalue weighted by atomic mass is 35.5. The zero-order chi connectivity index (χ0) is 10.4. The Morgan fingerprint density at radius 3 is 3.20 bits per heavy atom. The van der Waals surface area contributed by atoms with Gasteiger partial charge in [-0.05, 0) is 23.8 Å². The summed E-state index contributed by atoms with van der Waals surface area (Å²) >= 11 is 5.93. The number of carbonyl (C=O) groups excluding carboxylic acids is 1. The van der Waals surface area contributed by atoms with Crippen LogP contribution in [0.15, 0.2) is 18.2 Å². The first-order valence-electron chi connectivity index (χ1n) is 4.98. The van der Waals surface area contributed by atoms with E-state index in [0.717, 1.165) is 29.1 Å². The van der Waals surface area contributed by atoms with Gasteiger partial charge in [-0.25, -0.2) is 4.79 Å². The van der Waals surface area contributed by atoms with Crippen LogP contribution in [0.1, 0.15) is 12.0 Å². The fourth-order valence-corrected chi connectivity index (χ4v) is 2.40. The largest absolute Gasteiger partial charge is 0.460 e. The zero-order valence-corrected chi connectivity index (χ0v) is 8.75. The summed E-state index contributed by atoms with van der Waals surface area (Å²) in [5.41, 5.74) is 2.13. The van der Waals surface area contributed by atoms with Crippen molar-refractivity contribution >= 4 is 23.3 Å². The Bertz CT molecular complexity index is 433. The number of hydrogen-bond donors (Lipinski definition) is 1. The normalized spacial score (nSPS) is 27.7. The molecule has 3 nitrogen and oxygen atoms in total. The number of rotatable bonds is 0. The Kier molecular flexibility index (Phi) is 1.89. The van der Waals surface area contributed by atoms with E-state index in [4.69, 9.17) is 16.3 Å². The lowest BCUT2D eigenvalue weighted by atomic mass is 10.1. The number of hydrogen-bond acceptors (Lipinski definition) is 3. The Morgan fingerprint density at radius 1 is 1.47 bits per heavy atom. The van der Waals surface area contributed by atoms with E-state index in [-0.39, 0.29) is 18.1 Å². The molecule has 0 amide bonds. The number of carbonyl (C=O) groups is 1. The van der Waals surface area contributed by atoms with Gasteiger partial charge in [-0.1, -0.05) is 11.6 Å². The maximum absolute atomic E-state index is 11.4. The van der Waals surface area contributed by atoms with E-state index in [2.05, 4.69) is 5.32 Å². The lowest BCUT2D eigenvalue weighted by molar-refractivity contribution is -0.142. The second-order valence-corrected chi connectivity index (χ2v) is 4.43. The van der Waals surface area contributed by atoms with Gasteiger partial charge >= 0.3 is 5.97 Å². The SMILES string of the molecule is O=C1OC2Cc3cc(Cl)ccc3NC1C2. The molecule has 2 aliphatic heterocycles. The van der Waals surface area contributed by atoms with Gasteiger partial charge < -0.3 is 10.1 Å². The van der Waals surface area contributed by atoms with Gasteiger partial charge in [-0.15, -0.1) is 0 Å². The first-order chi connectivity index (χ1) is 7.22. The Balaban J connectivity index is 2.03. The van der Waals surface area contributed by atoms with E-state index in [1.165, 1.54) is 0 Å². The molecule has 2 bridgehead atoms. The van der Waals surface area contributed by atoms with Crippen molar-refractivity contribution in [2.24, 2.45) is 0 Å². The predicted molar refractivity (Wildman–Crippen MR) is 57.1 cm³/mol. The third-order valence-electron chi connectivity index (χ3n) is 2.91. The topological polar surface area (TPSA) is 38.3 Å². The monoisotopic (exact) mass is 223 g/mol. The van der Waals surface area contributed by atoms with Crippen molar-refractivity contribution in [1.29, 1.82) is 0 Å². The van der Waals surface area contributed by atoms with Crippen LogP contribution in [-0.4, -0.2) is 18.1 Å². The van der Waals surface area contributed by atoms with Crippen LogP contribution in [0.3, 0.4) is 0 Å². The number of fused-ring (bicyclic) bond motifs is 3. The third-order valence-corrected chi connectivity index (χ3v) is 3.15. The predicted octanol–water partition coefficient (Wildman–Crippen LogP) is 1.99. The van der Waals surface area contributed by atoms with Crippen LogP contribution in [0.5, 0.6) is 0 Å². The quantitative estimate of drug-likeness (QED) is 0.684. The van der Waals surface area contributed by atoms with E-state index in [9.17, 15) is 4.79 Å². The van der Waals surface area contributed by atoms with Crippen molar-refractivity contribution in [1.82, 2.24) is 0 Å². The van der Waals surface area contributed by atoms with Gasteiger partial charge in [0.15, 0.2) is 0 Å². The molecule has 0 radical (unpaired) electrons. The van der Waals surface area contributed by atoms with E-state index < -0.39 is 0 Å². The summed E-state index contributed by atoms with van der Waals surface area (Å²) < 4.78 is 5.22. The van der Waals surface area contributed by atoms with Gasteiger partial charge in [-0.2, -0.15) is 0 Å². The van der Waals surface area contributed by atoms with Crippen LogP contribution in [0.25, 0.3) is 0 Å². The average molecular weight is 224 g/mol. The number of halogens is 1. The molecular weight excluding hydrogens is 214 g/mol. The highest BCUT2D eigenvalue weighted by molar-refractivity contribution is 6.30. The number of esters is 1. The van der Waals surface area contributed by atoms with Crippen molar-refractivity contribution < 1.29 is 9.53 Å². The molecule has 1 N–H and O–H groups in total. The molecule has 78 valence electrons. The molecule has 0 aromatic heterocycles. The minimum atomic E-state index is -0.183. The molecule has 2 heterocycles. The maximum Gasteiger partial charge on any atom is 0.328 e. The Hall–Kier alpha value is -1.22. The van der Waals surface area contributed by atoms with Crippen LogP contribution in [0.4, 0.5) is 5.69 Å². The number of ether oxygens (including phenoxy) is 1. The van der Waals surface area contributed by atoms with Crippen molar-refractivity contribution in [3.8, 4) is 0 Å². The molecule has 1 aromatic rings. The maximum atomic E-state index is 11.4. The lowest BCUT2D eigenvalue weighted by Crippen LogP contribution is -2.24. The zero-order valence-electron chi connectivity index (χ0n) is 8.00. The number of benzene rings is 1. The molecule has 3 rings (SSSR count). The standard InChI is InChI=1S/C11H10ClNO2/c12-7-1-2-9-6(3-7)4-8-5-10(13-9)11(14)15-8/h1-3,8,10,13H,4-5H2. The summed E-state index contributed by atoms with van der Waals surface area (Å²) in [6.07, 6.45) is 1.52. The van der Waals surface area contributed by atoms with Crippen molar-refractivity contribution in [2.45, 2.75) is 25.0 Å². The van der Waals surface area contributed by atoms with E-state index in [1.54, 1.807) is 0 Å². The lowest BCUT2D eigenvalue weighted by Gasteiger charge is -2.15. The number of nitrogens with one attached hydrogen (secondary N) is 1. The fraction of sp³-hybridized carbons (Fsp3) is 0.364. The van der Waals surface area contributed by atoms with E-state index >= 15 is 0 Å². The average Bonchev–Trinajstić information content (AvgIpc) is 2.43. The molecule has 1 aromatic carbocycles. The minimum Gasteiger partial charge on any atom is -0.460 e. The van der Waals surface area contributed by atoms with Gasteiger partial charge in [0.2, 0.25) is 0 Å². The van der Waals surface area contributed by atoms with Gasteiger partial charge in [0.1, 0.15) is 12.1 Å². The fourth-order valence-electron chi connectivity index (χ4n) is 2.20. The highest BCUT2D eigenvalue weighted by Gasteiger charge is 2.37. The molecular formula is C11H10ClNO2. The van der Waals surface area contributed by atoms with Crippen LogP contribution >= 0.6 is 11.6 Å². The molecule has 4 heteroatoms. The summed E-state index contributed by atoms with van der Waals surface area (Å²) in [5, 5.41) is 3.92. The van der Waals surface area contributed by atoms with Gasteiger partial charge in [0, 0.05) is 23.6 Å². The Labute approximate surface area is 92.4 Å². The van der Waals surface area contributed by atoms with E-state index in [0.29, 0.717) is 0 Å². The van der Waals surface area contributed by atoms with Crippen LogP contribution in [0, 0.1) is 0 Å². The summed E-state index contributed by atoms with van der Waals surface area (Å²) in [6, 6.07) is 5.50. The summed E-state index contributed by atoms with van der Waals surface area (Å²) in [5.74, 6) is -0.138. The molecule has 0 aliphatic carbocycles. The molecule has 1 fully saturated rings. The second-order valence-electron chi connectivity index (χ2n) is 4.00. The van der Waals surface area contributed by atoms with Crippen LogP contribution in [-0.2, 0) is 16.0 Å². The molecule has 0 saturated carbocycles. The number of anilines is 1. The molecule has 2 aliphatic rings. The van der Waals surface area contributed by atoms with Crippen LogP contribution in [0.2, 0.25) is 5.02 Å². The molecule has 1 saturated heterocycles. The minimum absolute atomic E-state index is 0.00900. The first-order valence-corrected chi connectivity index (χ1v) is 5.35. The second kappa shape index (κ2) is 3.14. The molecule has 15 heavy (non-hydrogen) atoms. The van der Waals surface area contributed by atoms with Crippen LogP contribution < -0.4 is 5.32 Å². The van der Waals surface area contributed by atoms with Crippen molar-refractivity contribution in [2.75, 3.05) is 5.32 Å². The van der Waals surface area contributed by atoms with Gasteiger partial charge in [0.25, 0.3) is 0 Å². The van der Waals surface area contributed by atoms with Crippen molar-refractivity contribution in [3.63, 3.8) is 0 Å². The van der Waals surface area contributed by atoms with E-state index in [1.807, 2.05) is 18.2 Å². The molecule has 2 unspecified atom stereocenters. The summed E-state index contributed by atoms with van der Waals surface area (Å²) in [7, 11) is 0. The third kappa shape index (κ3) is 1.47. The first kappa shape index (κ1) is 9.04. The van der Waals surface area contributed by atoms with Gasteiger partial charge in [-0.3, -0.25) is 0 Å². The summed E-state index contributed by atoms with van der Waals surface area (Å²) in [4.78, 5) is 11.4. The van der Waals surface area contributed by atoms with Gasteiger partial charge in [0.05, 0.1) is 0 Å². The van der Waals surface area contributed by atoms with Crippen molar-refractivity contribution in [3.05, 3.63) is 28.8 Å². The highest BCUT2D eigenvalue weighted by Crippen LogP contribution is 2.31. The molecule has 0 spiro atoms. The molecule has 2 atom stereocenters. The summed E-state index contributed by atoms with van der Waals surface area (Å²) in [6.45, 7) is 0. The smallest absolute Gasteiger partial charge is 0.328 e. The Morgan fingerprint density at radius 2 is 2.33 bits per heavy atom.